The molecule has 2 N–H and O–H groups in total. The van der Waals surface area contributed by atoms with Gasteiger partial charge < -0.3 is 19.9 Å². The second-order valence-electron chi connectivity index (χ2n) is 5.32. The fourth-order valence-electron chi connectivity index (χ4n) is 2.00. The molecule has 0 spiro atoms. The predicted octanol–water partition coefficient (Wildman–Crippen LogP) is 1.46. The molecule has 0 fully saturated rings. The van der Waals surface area contributed by atoms with E-state index in [1.165, 1.54) is 4.88 Å². The van der Waals surface area contributed by atoms with Crippen molar-refractivity contribution in [1.82, 2.24) is 25.4 Å². The van der Waals surface area contributed by atoms with Gasteiger partial charge in [0.15, 0.2) is 11.8 Å². The average Bonchev–Trinajstić information content (AvgIpc) is 3.14. The Morgan fingerprint density at radius 1 is 1.48 bits per heavy atom. The number of rotatable bonds is 7. The number of ether oxygens (including phenoxy) is 1. The van der Waals surface area contributed by atoms with Crippen molar-refractivity contribution >= 4 is 17.3 Å². The summed E-state index contributed by atoms with van der Waals surface area (Å²) in [7, 11) is 3.64. The normalized spacial score (nSPS) is 13.1. The SMILES string of the molecule is COCC(C)NC(=NCc1nnc(C)n1C)NCc1cccs1. The van der Waals surface area contributed by atoms with Crippen LogP contribution in [0.15, 0.2) is 22.5 Å². The Morgan fingerprint density at radius 2 is 2.30 bits per heavy atom. The zero-order valence-electron chi connectivity index (χ0n) is 14.0. The number of guanidine groups is 1. The molecule has 0 saturated carbocycles. The first-order valence-corrected chi connectivity index (χ1v) is 8.39. The summed E-state index contributed by atoms with van der Waals surface area (Å²) in [5, 5.41) is 16.9. The number of nitrogens with one attached hydrogen (secondary N) is 2. The molecule has 126 valence electrons. The summed E-state index contributed by atoms with van der Waals surface area (Å²) in [6.07, 6.45) is 0. The number of hydrogen-bond acceptors (Lipinski definition) is 5. The van der Waals surface area contributed by atoms with Crippen molar-refractivity contribution in [2.75, 3.05) is 13.7 Å². The molecule has 2 aromatic heterocycles. The topological polar surface area (TPSA) is 76.4 Å². The fourth-order valence-corrected chi connectivity index (χ4v) is 2.64. The highest BCUT2D eigenvalue weighted by atomic mass is 32.1. The van der Waals surface area contributed by atoms with Gasteiger partial charge in [0.2, 0.25) is 0 Å². The van der Waals surface area contributed by atoms with Crippen LogP contribution in [0.25, 0.3) is 0 Å². The molecular formula is C15H24N6OS. The molecule has 0 aliphatic heterocycles. The molecule has 2 heterocycles. The highest BCUT2D eigenvalue weighted by Gasteiger charge is 2.08. The van der Waals surface area contributed by atoms with Gasteiger partial charge in [-0.05, 0) is 25.3 Å². The van der Waals surface area contributed by atoms with Gasteiger partial charge in [-0.3, -0.25) is 0 Å². The minimum atomic E-state index is 0.163. The van der Waals surface area contributed by atoms with E-state index in [1.807, 2.05) is 24.6 Å². The number of hydrogen-bond donors (Lipinski definition) is 2. The third kappa shape index (κ3) is 5.33. The Labute approximate surface area is 140 Å². The van der Waals surface area contributed by atoms with Crippen LogP contribution >= 0.6 is 11.3 Å². The summed E-state index contributed by atoms with van der Waals surface area (Å²) in [6, 6.07) is 4.30. The van der Waals surface area contributed by atoms with Gasteiger partial charge in [-0.1, -0.05) is 6.07 Å². The van der Waals surface area contributed by atoms with E-state index >= 15 is 0 Å². The van der Waals surface area contributed by atoms with E-state index in [0.717, 1.165) is 24.2 Å². The number of methoxy groups -OCH3 is 1. The van der Waals surface area contributed by atoms with Crippen molar-refractivity contribution in [3.63, 3.8) is 0 Å². The number of aliphatic imine (C=N–C) groups is 1. The van der Waals surface area contributed by atoms with Gasteiger partial charge in [-0.15, -0.1) is 21.5 Å². The van der Waals surface area contributed by atoms with Crippen LogP contribution < -0.4 is 10.6 Å². The molecule has 0 radical (unpaired) electrons. The summed E-state index contributed by atoms with van der Waals surface area (Å²) in [6.45, 7) is 5.80. The van der Waals surface area contributed by atoms with Crippen LogP contribution in [-0.4, -0.2) is 40.5 Å². The van der Waals surface area contributed by atoms with Crippen LogP contribution in [0, 0.1) is 6.92 Å². The van der Waals surface area contributed by atoms with Gasteiger partial charge in [0.25, 0.3) is 0 Å². The van der Waals surface area contributed by atoms with Gasteiger partial charge in [0, 0.05) is 25.1 Å². The molecule has 2 rings (SSSR count). The van der Waals surface area contributed by atoms with Crippen LogP contribution in [-0.2, 0) is 24.9 Å². The lowest BCUT2D eigenvalue weighted by atomic mass is 10.4. The third-order valence-electron chi connectivity index (χ3n) is 3.37. The van der Waals surface area contributed by atoms with Crippen molar-refractivity contribution in [2.45, 2.75) is 33.0 Å². The van der Waals surface area contributed by atoms with Gasteiger partial charge in [-0.2, -0.15) is 0 Å². The molecule has 0 bridgehead atoms. The van der Waals surface area contributed by atoms with E-state index in [9.17, 15) is 0 Å². The Balaban J connectivity index is 2.01. The van der Waals surface area contributed by atoms with Gasteiger partial charge in [0.1, 0.15) is 12.4 Å². The molecule has 0 saturated heterocycles. The molecule has 23 heavy (non-hydrogen) atoms. The quantitative estimate of drug-likeness (QED) is 0.591. The Hall–Kier alpha value is -1.93. The van der Waals surface area contributed by atoms with E-state index in [1.54, 1.807) is 18.4 Å². The Bertz CT molecular complexity index is 622. The lowest BCUT2D eigenvalue weighted by molar-refractivity contribution is 0.179. The molecule has 7 nitrogen and oxygen atoms in total. The number of thiophene rings is 1. The fraction of sp³-hybridized carbons (Fsp3) is 0.533. The van der Waals surface area contributed by atoms with E-state index in [2.05, 4.69) is 44.2 Å². The van der Waals surface area contributed by atoms with Crippen molar-refractivity contribution in [3.8, 4) is 0 Å². The summed E-state index contributed by atoms with van der Waals surface area (Å²) < 4.78 is 7.11. The molecule has 0 aliphatic carbocycles. The lowest BCUT2D eigenvalue weighted by Crippen LogP contribution is -2.43. The number of aromatic nitrogens is 3. The van der Waals surface area contributed by atoms with Crippen LogP contribution in [0.2, 0.25) is 0 Å². The van der Waals surface area contributed by atoms with Crippen LogP contribution in [0.4, 0.5) is 0 Å². The van der Waals surface area contributed by atoms with Crippen molar-refractivity contribution in [3.05, 3.63) is 34.0 Å². The predicted molar refractivity (Wildman–Crippen MR) is 92.5 cm³/mol. The number of aryl methyl sites for hydroxylation is 1. The molecular weight excluding hydrogens is 312 g/mol. The maximum Gasteiger partial charge on any atom is 0.192 e. The van der Waals surface area contributed by atoms with Gasteiger partial charge in [0.05, 0.1) is 13.2 Å². The van der Waals surface area contributed by atoms with E-state index < -0.39 is 0 Å². The van der Waals surface area contributed by atoms with Crippen molar-refractivity contribution in [2.24, 2.45) is 12.0 Å². The van der Waals surface area contributed by atoms with Crippen LogP contribution in [0.1, 0.15) is 23.4 Å². The second-order valence-corrected chi connectivity index (χ2v) is 6.35. The van der Waals surface area contributed by atoms with E-state index in [0.29, 0.717) is 13.2 Å². The summed E-state index contributed by atoms with van der Waals surface area (Å²) in [5.41, 5.74) is 0. The second kappa shape index (κ2) is 8.64. The minimum absolute atomic E-state index is 0.163. The summed E-state index contributed by atoms with van der Waals surface area (Å²) in [4.78, 5) is 5.87. The lowest BCUT2D eigenvalue weighted by Gasteiger charge is -2.17. The van der Waals surface area contributed by atoms with Gasteiger partial charge in [-0.25, -0.2) is 4.99 Å². The Kier molecular flexibility index (Phi) is 6.54. The van der Waals surface area contributed by atoms with E-state index in [4.69, 9.17) is 4.74 Å². The van der Waals surface area contributed by atoms with Crippen LogP contribution in [0.5, 0.6) is 0 Å². The highest BCUT2D eigenvalue weighted by molar-refractivity contribution is 7.09. The standard InChI is InChI=1S/C15H24N6OS/c1-11(10-22-4)18-15(16-8-13-6-5-7-23-13)17-9-14-20-19-12(2)21(14)3/h5-7,11H,8-10H2,1-4H3,(H2,16,17,18). The zero-order valence-corrected chi connectivity index (χ0v) is 14.9. The average molecular weight is 336 g/mol. The monoisotopic (exact) mass is 336 g/mol. The molecule has 0 amide bonds. The summed E-state index contributed by atoms with van der Waals surface area (Å²) >= 11 is 1.72. The minimum Gasteiger partial charge on any atom is -0.383 e. The first kappa shape index (κ1) is 17.4. The maximum atomic E-state index is 5.17. The zero-order chi connectivity index (χ0) is 16.7. The van der Waals surface area contributed by atoms with Crippen LogP contribution in [0.3, 0.4) is 0 Å². The highest BCUT2D eigenvalue weighted by Crippen LogP contribution is 2.07. The van der Waals surface area contributed by atoms with Crippen molar-refractivity contribution in [1.29, 1.82) is 0 Å². The molecule has 1 atom stereocenters. The largest absolute Gasteiger partial charge is 0.383 e. The maximum absolute atomic E-state index is 5.17. The smallest absolute Gasteiger partial charge is 0.192 e. The molecule has 2 aromatic rings. The van der Waals surface area contributed by atoms with E-state index in [-0.39, 0.29) is 6.04 Å². The van der Waals surface area contributed by atoms with Gasteiger partial charge >= 0.3 is 0 Å². The summed E-state index contributed by atoms with van der Waals surface area (Å²) in [5.74, 6) is 2.45. The first-order valence-electron chi connectivity index (χ1n) is 7.51. The molecule has 1 unspecified atom stereocenters. The molecule has 8 heteroatoms. The number of nitrogens with zero attached hydrogens (tertiary/aromatic N) is 4. The molecule has 0 aromatic carbocycles. The molecule has 0 aliphatic rings. The first-order chi connectivity index (χ1) is 11.1. The Morgan fingerprint density at radius 3 is 2.91 bits per heavy atom. The van der Waals surface area contributed by atoms with Crippen molar-refractivity contribution < 1.29 is 4.74 Å². The third-order valence-corrected chi connectivity index (χ3v) is 4.25.